The van der Waals surface area contributed by atoms with E-state index in [1.807, 2.05) is 36.5 Å². The lowest BCUT2D eigenvalue weighted by Gasteiger charge is -2.08. The van der Waals surface area contributed by atoms with E-state index < -0.39 is 0 Å². The molecule has 0 radical (unpaired) electrons. The molecule has 2 N–H and O–H groups in total. The van der Waals surface area contributed by atoms with Crippen LogP contribution < -0.4 is 10.6 Å². The number of imidazole rings is 1. The Morgan fingerprint density at radius 3 is 2.74 bits per heavy atom. The van der Waals surface area contributed by atoms with E-state index in [4.69, 9.17) is 4.98 Å². The number of aromatic nitrogens is 2. The molecule has 0 spiro atoms. The molecule has 0 bridgehead atoms. The van der Waals surface area contributed by atoms with Crippen molar-refractivity contribution in [2.24, 2.45) is 0 Å². The van der Waals surface area contributed by atoms with Crippen molar-refractivity contribution in [1.82, 2.24) is 20.0 Å². The fraction of sp³-hybridized carbons (Fsp3) is 0.292. The quantitative estimate of drug-likeness (QED) is 0.446. The Balaban J connectivity index is 1.37. The fourth-order valence-corrected chi connectivity index (χ4v) is 5.25. The maximum Gasteiger partial charge on any atom is 0.251 e. The predicted octanol–water partition coefficient (Wildman–Crippen LogP) is 4.29. The van der Waals surface area contributed by atoms with E-state index in [9.17, 15) is 9.59 Å². The number of fused-ring (bicyclic) bond motifs is 3. The van der Waals surface area contributed by atoms with Gasteiger partial charge < -0.3 is 10.6 Å². The Hall–Kier alpha value is -3.03. The minimum Gasteiger partial charge on any atom is -0.355 e. The molecule has 0 unspecified atom stereocenters. The van der Waals surface area contributed by atoms with Crippen LogP contribution in [0.3, 0.4) is 0 Å². The van der Waals surface area contributed by atoms with Gasteiger partial charge in [-0.25, -0.2) is 4.98 Å². The molecule has 0 aliphatic carbocycles. The monoisotopic (exact) mass is 432 g/mol. The van der Waals surface area contributed by atoms with Crippen LogP contribution in [0.15, 0.2) is 48.7 Å². The SMILES string of the molecule is CNC(=O)c1ccc(-c2cn3c(n2)sc2cc(C(=O)CC[C@H]4CCCN4)ccc23)cc1. The van der Waals surface area contributed by atoms with Crippen molar-refractivity contribution < 1.29 is 9.59 Å². The molecular weight excluding hydrogens is 408 g/mol. The predicted molar refractivity (Wildman–Crippen MR) is 124 cm³/mol. The van der Waals surface area contributed by atoms with E-state index in [-0.39, 0.29) is 11.7 Å². The summed E-state index contributed by atoms with van der Waals surface area (Å²) in [5.74, 6) is 0.103. The van der Waals surface area contributed by atoms with Crippen LogP contribution in [0.1, 0.15) is 46.4 Å². The Morgan fingerprint density at radius 2 is 2.00 bits per heavy atom. The number of carbonyl (C=O) groups is 2. The van der Waals surface area contributed by atoms with Crippen molar-refractivity contribution in [2.45, 2.75) is 31.7 Å². The summed E-state index contributed by atoms with van der Waals surface area (Å²) in [7, 11) is 1.62. The van der Waals surface area contributed by atoms with E-state index in [0.29, 0.717) is 18.0 Å². The number of ketones is 1. The average Bonchev–Trinajstić information content (AvgIpc) is 3.53. The first-order valence-electron chi connectivity index (χ1n) is 10.6. The van der Waals surface area contributed by atoms with Crippen LogP contribution in [0.25, 0.3) is 26.4 Å². The summed E-state index contributed by atoms with van der Waals surface area (Å²) in [6.07, 6.45) is 5.89. The first kappa shape index (κ1) is 19.9. The van der Waals surface area contributed by atoms with E-state index in [0.717, 1.165) is 45.0 Å². The molecule has 4 aromatic rings. The van der Waals surface area contributed by atoms with Crippen molar-refractivity contribution in [3.05, 3.63) is 59.8 Å². The second kappa shape index (κ2) is 8.24. The maximum absolute atomic E-state index is 12.7. The largest absolute Gasteiger partial charge is 0.355 e. The Morgan fingerprint density at radius 1 is 1.19 bits per heavy atom. The summed E-state index contributed by atoms with van der Waals surface area (Å²) >= 11 is 1.59. The molecule has 2 aromatic heterocycles. The molecule has 3 heterocycles. The third-order valence-corrected chi connectivity index (χ3v) is 6.99. The van der Waals surface area contributed by atoms with Crippen molar-refractivity contribution in [1.29, 1.82) is 0 Å². The molecule has 31 heavy (non-hydrogen) atoms. The maximum atomic E-state index is 12.7. The lowest BCUT2D eigenvalue weighted by Crippen LogP contribution is -2.22. The minimum absolute atomic E-state index is 0.103. The highest BCUT2D eigenvalue weighted by Gasteiger charge is 2.17. The summed E-state index contributed by atoms with van der Waals surface area (Å²) in [4.78, 5) is 30.0. The van der Waals surface area contributed by atoms with E-state index in [1.54, 1.807) is 30.5 Å². The number of amides is 1. The van der Waals surface area contributed by atoms with Gasteiger partial charge in [0.25, 0.3) is 5.91 Å². The average molecular weight is 433 g/mol. The number of nitrogens with one attached hydrogen (secondary N) is 2. The summed E-state index contributed by atoms with van der Waals surface area (Å²) in [5, 5.41) is 6.08. The van der Waals surface area contributed by atoms with Gasteiger partial charge in [0.2, 0.25) is 0 Å². The number of hydrogen-bond acceptors (Lipinski definition) is 5. The molecule has 1 saturated heterocycles. The summed E-state index contributed by atoms with van der Waals surface area (Å²) in [6, 6.07) is 13.9. The Labute approximate surface area is 184 Å². The standard InChI is InChI=1S/C24H24N4O2S/c1-25-23(30)16-6-4-15(5-7-16)19-14-28-20-10-8-17(13-22(20)31-24(28)27-19)21(29)11-9-18-3-2-12-26-18/h4-8,10,13-14,18,26H,2-3,9,11-12H2,1H3,(H,25,30)/t18-/m1/s1. The zero-order valence-electron chi connectivity index (χ0n) is 17.4. The number of carbonyl (C=O) groups excluding carboxylic acids is 2. The number of Topliss-reactive ketones (excluding diaryl/α,β-unsaturated/α-hetero) is 1. The lowest BCUT2D eigenvalue weighted by atomic mass is 10.0. The summed E-state index contributed by atoms with van der Waals surface area (Å²) in [6.45, 7) is 1.07. The van der Waals surface area contributed by atoms with Crippen LogP contribution in [0, 0.1) is 0 Å². The van der Waals surface area contributed by atoms with Crippen LogP contribution in [-0.2, 0) is 0 Å². The summed E-state index contributed by atoms with van der Waals surface area (Å²) in [5.41, 5.74) is 4.28. The molecular formula is C24H24N4O2S. The van der Waals surface area contributed by atoms with Crippen LogP contribution in [0.4, 0.5) is 0 Å². The number of benzene rings is 2. The Bertz CT molecular complexity index is 1270. The van der Waals surface area contributed by atoms with Gasteiger partial charge >= 0.3 is 0 Å². The second-order valence-electron chi connectivity index (χ2n) is 7.97. The molecule has 1 aliphatic heterocycles. The van der Waals surface area contributed by atoms with Crippen molar-refractivity contribution in [2.75, 3.05) is 13.6 Å². The van der Waals surface area contributed by atoms with Gasteiger partial charge in [0.15, 0.2) is 10.7 Å². The van der Waals surface area contributed by atoms with Gasteiger partial charge in [-0.3, -0.25) is 14.0 Å². The number of rotatable bonds is 6. The Kier molecular flexibility index (Phi) is 5.29. The molecule has 5 rings (SSSR count). The lowest BCUT2D eigenvalue weighted by molar-refractivity contribution is 0.0959. The van der Waals surface area contributed by atoms with Crippen molar-refractivity contribution in [3.8, 4) is 11.3 Å². The van der Waals surface area contributed by atoms with E-state index in [1.165, 1.54) is 12.8 Å². The zero-order valence-corrected chi connectivity index (χ0v) is 18.2. The highest BCUT2D eigenvalue weighted by atomic mass is 32.1. The van der Waals surface area contributed by atoms with Crippen LogP contribution in [0.5, 0.6) is 0 Å². The van der Waals surface area contributed by atoms with Gasteiger partial charge in [0.1, 0.15) is 0 Å². The van der Waals surface area contributed by atoms with Gasteiger partial charge in [-0.15, -0.1) is 0 Å². The number of nitrogens with zero attached hydrogens (tertiary/aromatic N) is 2. The molecule has 0 saturated carbocycles. The van der Waals surface area contributed by atoms with Crippen molar-refractivity contribution in [3.63, 3.8) is 0 Å². The van der Waals surface area contributed by atoms with Crippen LogP contribution >= 0.6 is 11.3 Å². The summed E-state index contributed by atoms with van der Waals surface area (Å²) < 4.78 is 3.13. The molecule has 1 amide bonds. The van der Waals surface area contributed by atoms with Crippen LogP contribution in [-0.4, -0.2) is 40.7 Å². The highest BCUT2D eigenvalue weighted by Crippen LogP contribution is 2.30. The topological polar surface area (TPSA) is 75.5 Å². The normalized spacial score (nSPS) is 16.2. The molecule has 1 atom stereocenters. The molecule has 7 heteroatoms. The highest BCUT2D eigenvalue weighted by molar-refractivity contribution is 7.23. The molecule has 1 aliphatic rings. The van der Waals surface area contributed by atoms with Gasteiger partial charge in [0, 0.05) is 42.4 Å². The smallest absolute Gasteiger partial charge is 0.251 e. The van der Waals surface area contributed by atoms with Gasteiger partial charge in [0.05, 0.1) is 15.9 Å². The van der Waals surface area contributed by atoms with Crippen LogP contribution in [0.2, 0.25) is 0 Å². The van der Waals surface area contributed by atoms with E-state index in [2.05, 4.69) is 15.0 Å². The van der Waals surface area contributed by atoms with E-state index >= 15 is 0 Å². The first-order valence-corrected chi connectivity index (χ1v) is 11.4. The molecule has 2 aromatic carbocycles. The third-order valence-electron chi connectivity index (χ3n) is 5.97. The number of hydrogen-bond donors (Lipinski definition) is 2. The molecule has 158 valence electrons. The van der Waals surface area contributed by atoms with Gasteiger partial charge in [-0.2, -0.15) is 0 Å². The second-order valence-corrected chi connectivity index (χ2v) is 8.98. The molecule has 6 nitrogen and oxygen atoms in total. The third kappa shape index (κ3) is 3.86. The fourth-order valence-electron chi connectivity index (χ4n) is 4.20. The van der Waals surface area contributed by atoms with Crippen molar-refractivity contribution >= 4 is 38.2 Å². The molecule has 1 fully saturated rings. The van der Waals surface area contributed by atoms with Gasteiger partial charge in [-0.1, -0.05) is 23.5 Å². The first-order chi connectivity index (χ1) is 15.1. The number of thiazole rings is 1. The van der Waals surface area contributed by atoms with Gasteiger partial charge in [-0.05, 0) is 56.1 Å². The minimum atomic E-state index is -0.103. The zero-order chi connectivity index (χ0) is 21.4.